The molecule has 0 bridgehead atoms. The van der Waals surface area contributed by atoms with E-state index in [4.69, 9.17) is 0 Å². The molecule has 1 aliphatic heterocycles. The summed E-state index contributed by atoms with van der Waals surface area (Å²) in [6.45, 7) is 0.645. The second kappa shape index (κ2) is 8.27. The molecule has 0 saturated heterocycles. The van der Waals surface area contributed by atoms with Crippen LogP contribution in [0.5, 0.6) is 0 Å². The van der Waals surface area contributed by atoms with Gasteiger partial charge in [0.15, 0.2) is 0 Å². The van der Waals surface area contributed by atoms with Crippen LogP contribution in [-0.4, -0.2) is 23.3 Å². The molecule has 142 valence electrons. The number of amides is 2. The minimum Gasteiger partial charge on any atom is -0.362 e. The first kappa shape index (κ1) is 18.3. The average molecular weight is 391 g/mol. The molecule has 2 amide bonds. The van der Waals surface area contributed by atoms with Gasteiger partial charge in [0.2, 0.25) is 0 Å². The van der Waals surface area contributed by atoms with Gasteiger partial charge >= 0.3 is 0 Å². The van der Waals surface area contributed by atoms with E-state index in [9.17, 15) is 9.59 Å². The van der Waals surface area contributed by atoms with Gasteiger partial charge in [0.1, 0.15) is 5.00 Å². The highest BCUT2D eigenvalue weighted by molar-refractivity contribution is 7.18. The quantitative estimate of drug-likeness (QED) is 0.414. The molecule has 0 atom stereocenters. The standard InChI is InChI=1S/C22H21N3O2S/c26-20-17(13-16-10-6-12-23-16)18-14-19(28-22(18)25-20)21(27)24-11-5-4-9-15-7-2-1-3-8-15/h1-3,6-8,10,12-14,23H,4-5,9,11H2,(H,24,27)(H,25,26). The molecule has 5 nitrogen and oxygen atoms in total. The molecule has 4 rings (SSSR count). The van der Waals surface area contributed by atoms with Crippen molar-refractivity contribution in [3.8, 4) is 0 Å². The molecule has 6 heteroatoms. The second-order valence-electron chi connectivity index (χ2n) is 6.69. The van der Waals surface area contributed by atoms with E-state index >= 15 is 0 Å². The molecule has 3 aromatic rings. The Bertz CT molecular complexity index is 1000. The lowest BCUT2D eigenvalue weighted by atomic mass is 10.1. The fraction of sp³-hybridized carbons (Fsp3) is 0.182. The molecule has 1 aromatic carbocycles. The number of aryl methyl sites for hydroxylation is 1. The molecule has 3 heterocycles. The third-order valence-electron chi connectivity index (χ3n) is 4.66. The predicted octanol–water partition coefficient (Wildman–Crippen LogP) is 4.32. The van der Waals surface area contributed by atoms with Crippen LogP contribution in [0.15, 0.2) is 54.7 Å². The largest absolute Gasteiger partial charge is 0.362 e. The van der Waals surface area contributed by atoms with Crippen molar-refractivity contribution >= 4 is 39.8 Å². The highest BCUT2D eigenvalue weighted by Crippen LogP contribution is 2.39. The first-order valence-corrected chi connectivity index (χ1v) is 10.1. The molecule has 0 fully saturated rings. The topological polar surface area (TPSA) is 74.0 Å². The normalized spacial score (nSPS) is 14.1. The molecule has 0 aliphatic carbocycles. The lowest BCUT2D eigenvalue weighted by Gasteiger charge is -2.04. The zero-order valence-corrected chi connectivity index (χ0v) is 16.1. The number of hydrogen-bond acceptors (Lipinski definition) is 3. The van der Waals surface area contributed by atoms with Crippen molar-refractivity contribution in [2.45, 2.75) is 19.3 Å². The van der Waals surface area contributed by atoms with Gasteiger partial charge in [-0.1, -0.05) is 30.3 Å². The maximum atomic E-state index is 12.4. The van der Waals surface area contributed by atoms with Crippen LogP contribution < -0.4 is 10.6 Å². The number of hydrogen-bond donors (Lipinski definition) is 3. The summed E-state index contributed by atoms with van der Waals surface area (Å²) in [5.41, 5.74) is 3.55. The van der Waals surface area contributed by atoms with Crippen molar-refractivity contribution < 1.29 is 9.59 Å². The maximum absolute atomic E-state index is 12.4. The van der Waals surface area contributed by atoms with Gasteiger partial charge < -0.3 is 15.6 Å². The molecule has 0 saturated carbocycles. The summed E-state index contributed by atoms with van der Waals surface area (Å²) in [4.78, 5) is 28.3. The Labute approximate surface area is 167 Å². The van der Waals surface area contributed by atoms with Gasteiger partial charge in [-0.25, -0.2) is 0 Å². The third kappa shape index (κ3) is 4.07. The number of H-pyrrole nitrogens is 1. The SMILES string of the molecule is O=C1Nc2sc(C(=O)NCCCCc3ccccc3)cc2C1=Cc1ccc[nH]1. The summed E-state index contributed by atoms with van der Waals surface area (Å²) in [5, 5.41) is 6.56. The summed E-state index contributed by atoms with van der Waals surface area (Å²) in [6.07, 6.45) is 6.59. The first-order valence-electron chi connectivity index (χ1n) is 9.33. The van der Waals surface area contributed by atoms with Crippen LogP contribution in [0.1, 0.15) is 39.3 Å². The fourth-order valence-corrected chi connectivity index (χ4v) is 4.19. The fourth-order valence-electron chi connectivity index (χ4n) is 3.21. The van der Waals surface area contributed by atoms with Gasteiger partial charge in [0.05, 0.1) is 10.5 Å². The Balaban J connectivity index is 1.33. The molecule has 0 radical (unpaired) electrons. The second-order valence-corrected chi connectivity index (χ2v) is 7.74. The van der Waals surface area contributed by atoms with E-state index < -0.39 is 0 Å². The Morgan fingerprint density at radius 3 is 2.75 bits per heavy atom. The number of thiophene rings is 1. The van der Waals surface area contributed by atoms with Gasteiger partial charge in [-0.05, 0) is 49.1 Å². The zero-order chi connectivity index (χ0) is 19.3. The molecule has 28 heavy (non-hydrogen) atoms. The number of anilines is 1. The average Bonchev–Trinajstić information content (AvgIpc) is 3.41. The number of benzene rings is 1. The zero-order valence-electron chi connectivity index (χ0n) is 15.3. The third-order valence-corrected chi connectivity index (χ3v) is 5.71. The number of fused-ring (bicyclic) bond motifs is 1. The highest BCUT2D eigenvalue weighted by atomic mass is 32.1. The van der Waals surface area contributed by atoms with E-state index in [1.807, 2.05) is 36.5 Å². The van der Waals surface area contributed by atoms with Gasteiger partial charge in [0, 0.05) is 24.0 Å². The van der Waals surface area contributed by atoms with Crippen LogP contribution in [0.25, 0.3) is 11.6 Å². The van der Waals surface area contributed by atoms with Crippen LogP contribution in [0.4, 0.5) is 5.00 Å². The van der Waals surface area contributed by atoms with Crippen molar-refractivity contribution in [1.29, 1.82) is 0 Å². The minimum atomic E-state index is -0.135. The summed E-state index contributed by atoms with van der Waals surface area (Å²) in [5.74, 6) is -0.226. The molecule has 3 N–H and O–H groups in total. The van der Waals surface area contributed by atoms with E-state index in [1.165, 1.54) is 16.9 Å². The van der Waals surface area contributed by atoms with Crippen molar-refractivity contribution in [3.05, 3.63) is 76.4 Å². The minimum absolute atomic E-state index is 0.0902. The number of aromatic nitrogens is 1. The van der Waals surface area contributed by atoms with Crippen LogP contribution in [0, 0.1) is 0 Å². The van der Waals surface area contributed by atoms with E-state index in [0.717, 1.165) is 35.5 Å². The first-order chi connectivity index (χ1) is 13.7. The number of unbranched alkanes of at least 4 members (excludes halogenated alkanes) is 1. The summed E-state index contributed by atoms with van der Waals surface area (Å²) in [6, 6.07) is 15.9. The smallest absolute Gasteiger partial charge is 0.261 e. The Morgan fingerprint density at radius 2 is 1.96 bits per heavy atom. The van der Waals surface area contributed by atoms with Crippen molar-refractivity contribution in [1.82, 2.24) is 10.3 Å². The summed E-state index contributed by atoms with van der Waals surface area (Å²) in [7, 11) is 0. The number of carbonyl (C=O) groups excluding carboxylic acids is 2. The van der Waals surface area contributed by atoms with E-state index in [1.54, 1.807) is 12.1 Å². The van der Waals surface area contributed by atoms with E-state index in [0.29, 0.717) is 17.0 Å². The van der Waals surface area contributed by atoms with Gasteiger partial charge in [-0.2, -0.15) is 0 Å². The monoisotopic (exact) mass is 391 g/mol. The Kier molecular flexibility index (Phi) is 5.39. The van der Waals surface area contributed by atoms with Crippen LogP contribution in [-0.2, 0) is 11.2 Å². The van der Waals surface area contributed by atoms with Crippen molar-refractivity contribution in [2.24, 2.45) is 0 Å². The van der Waals surface area contributed by atoms with Crippen LogP contribution >= 0.6 is 11.3 Å². The Hall–Kier alpha value is -3.12. The maximum Gasteiger partial charge on any atom is 0.261 e. The Morgan fingerprint density at radius 1 is 1.11 bits per heavy atom. The molecular weight excluding hydrogens is 370 g/mol. The van der Waals surface area contributed by atoms with Crippen molar-refractivity contribution in [3.63, 3.8) is 0 Å². The lowest BCUT2D eigenvalue weighted by molar-refractivity contribution is -0.110. The van der Waals surface area contributed by atoms with Crippen molar-refractivity contribution in [2.75, 3.05) is 11.9 Å². The summed E-state index contributed by atoms with van der Waals surface area (Å²) >= 11 is 1.32. The van der Waals surface area contributed by atoms with Crippen LogP contribution in [0.2, 0.25) is 0 Å². The van der Waals surface area contributed by atoms with Gasteiger partial charge in [0.25, 0.3) is 11.8 Å². The van der Waals surface area contributed by atoms with Gasteiger partial charge in [-0.15, -0.1) is 11.3 Å². The number of carbonyl (C=O) groups is 2. The van der Waals surface area contributed by atoms with Crippen LogP contribution in [0.3, 0.4) is 0 Å². The van der Waals surface area contributed by atoms with E-state index in [2.05, 4.69) is 27.8 Å². The lowest BCUT2D eigenvalue weighted by Crippen LogP contribution is -2.23. The van der Waals surface area contributed by atoms with E-state index in [-0.39, 0.29) is 11.8 Å². The number of rotatable bonds is 7. The number of aromatic amines is 1. The summed E-state index contributed by atoms with van der Waals surface area (Å²) < 4.78 is 0. The molecular formula is C22H21N3O2S. The van der Waals surface area contributed by atoms with Gasteiger partial charge in [-0.3, -0.25) is 9.59 Å². The number of nitrogens with one attached hydrogen (secondary N) is 3. The molecule has 0 spiro atoms. The molecule has 1 aliphatic rings. The molecule has 2 aromatic heterocycles. The highest BCUT2D eigenvalue weighted by Gasteiger charge is 2.28. The molecule has 0 unspecified atom stereocenters. The predicted molar refractivity (Wildman–Crippen MR) is 113 cm³/mol.